The second-order valence-corrected chi connectivity index (χ2v) is 11.6. The summed E-state index contributed by atoms with van der Waals surface area (Å²) in [5, 5.41) is 2.75. The minimum absolute atomic E-state index is 0.126. The number of thiophene rings is 1. The molecule has 1 aliphatic heterocycles. The molecule has 10 heteroatoms. The predicted octanol–water partition coefficient (Wildman–Crippen LogP) is 4.13. The van der Waals surface area contributed by atoms with Crippen molar-refractivity contribution in [3.05, 3.63) is 50.0 Å². The lowest BCUT2D eigenvalue weighted by atomic mass is 9.97. The summed E-state index contributed by atoms with van der Waals surface area (Å²) in [6.45, 7) is 0.696. The minimum atomic E-state index is -3.56. The van der Waals surface area contributed by atoms with E-state index < -0.39 is 10.0 Å². The molecule has 1 amide bonds. The Labute approximate surface area is 178 Å². The number of amides is 1. The van der Waals surface area contributed by atoms with E-state index in [0.717, 1.165) is 15.1 Å². The first-order valence-corrected chi connectivity index (χ1v) is 12.1. The zero-order valence-corrected chi connectivity index (χ0v) is 18.9. The van der Waals surface area contributed by atoms with E-state index in [2.05, 4.69) is 37.2 Å². The number of rotatable bonds is 5. The third-order valence-electron chi connectivity index (χ3n) is 4.45. The van der Waals surface area contributed by atoms with E-state index in [1.54, 1.807) is 24.3 Å². The van der Waals surface area contributed by atoms with Crippen LogP contribution in [-0.2, 0) is 21.4 Å². The maximum absolute atomic E-state index is 13.6. The maximum Gasteiger partial charge on any atom is 0.252 e. The molecule has 0 bridgehead atoms. The standard InChI is InChI=1S/C17H17Br2FN2O3S2/c18-13-9-15(26-16(13)19)27(24,25)22-7-5-11(6-8-22)17(23)21-10-12-3-1-2-4-14(12)20/h1-4,9,11H,5-8,10H2,(H,21,23). The van der Waals surface area contributed by atoms with E-state index in [4.69, 9.17) is 0 Å². The van der Waals surface area contributed by atoms with Gasteiger partial charge in [0.05, 0.1) is 3.79 Å². The third-order valence-corrected chi connectivity index (χ3v) is 10.1. The quantitative estimate of drug-likeness (QED) is 0.621. The Morgan fingerprint density at radius 2 is 1.93 bits per heavy atom. The van der Waals surface area contributed by atoms with Gasteiger partial charge in [0.1, 0.15) is 10.0 Å². The highest BCUT2D eigenvalue weighted by atomic mass is 79.9. The van der Waals surface area contributed by atoms with Crippen LogP contribution in [0.5, 0.6) is 0 Å². The Morgan fingerprint density at radius 3 is 2.52 bits per heavy atom. The molecule has 1 fully saturated rings. The van der Waals surface area contributed by atoms with Crippen LogP contribution in [0.4, 0.5) is 4.39 Å². The van der Waals surface area contributed by atoms with Crippen LogP contribution in [0, 0.1) is 11.7 Å². The van der Waals surface area contributed by atoms with Gasteiger partial charge in [-0.2, -0.15) is 4.31 Å². The summed E-state index contributed by atoms with van der Waals surface area (Å²) in [6.07, 6.45) is 0.881. The van der Waals surface area contributed by atoms with Crippen molar-refractivity contribution >= 4 is 59.1 Å². The van der Waals surface area contributed by atoms with E-state index in [0.29, 0.717) is 22.9 Å². The van der Waals surface area contributed by atoms with Crippen LogP contribution in [-0.4, -0.2) is 31.7 Å². The highest BCUT2D eigenvalue weighted by Crippen LogP contribution is 2.37. The van der Waals surface area contributed by atoms with E-state index in [1.807, 2.05) is 0 Å². The first kappa shape index (κ1) is 20.9. The SMILES string of the molecule is O=C(NCc1ccccc1F)C1CCN(S(=O)(=O)c2cc(Br)c(Br)s2)CC1. The fraction of sp³-hybridized carbons (Fsp3) is 0.353. The molecule has 1 saturated heterocycles. The Balaban J connectivity index is 1.56. The van der Waals surface area contributed by atoms with Crippen molar-refractivity contribution in [1.82, 2.24) is 9.62 Å². The Kier molecular flexibility index (Phi) is 6.73. The molecule has 1 aromatic carbocycles. The molecule has 146 valence electrons. The molecule has 0 atom stereocenters. The largest absolute Gasteiger partial charge is 0.352 e. The van der Waals surface area contributed by atoms with Gasteiger partial charge in [0.25, 0.3) is 10.0 Å². The molecule has 0 radical (unpaired) electrons. The van der Waals surface area contributed by atoms with Crippen molar-refractivity contribution in [1.29, 1.82) is 0 Å². The molecule has 5 nitrogen and oxygen atoms in total. The number of halogens is 3. The molecule has 1 aromatic heterocycles. The molecule has 2 aromatic rings. The first-order valence-electron chi connectivity index (χ1n) is 8.25. The summed E-state index contributed by atoms with van der Waals surface area (Å²) in [7, 11) is -3.56. The average Bonchev–Trinajstić information content (AvgIpc) is 3.00. The monoisotopic (exact) mass is 538 g/mol. The Bertz CT molecular complexity index is 922. The van der Waals surface area contributed by atoms with E-state index in [1.165, 1.54) is 10.4 Å². The van der Waals surface area contributed by atoms with Crippen molar-refractivity contribution in [3.8, 4) is 0 Å². The topological polar surface area (TPSA) is 66.5 Å². The molecule has 27 heavy (non-hydrogen) atoms. The summed E-state index contributed by atoms with van der Waals surface area (Å²) >= 11 is 7.77. The summed E-state index contributed by atoms with van der Waals surface area (Å²) < 4.78 is 42.2. The summed E-state index contributed by atoms with van der Waals surface area (Å²) in [5.41, 5.74) is 0.430. The third kappa shape index (κ3) is 4.79. The van der Waals surface area contributed by atoms with Crippen molar-refractivity contribution in [2.75, 3.05) is 13.1 Å². The van der Waals surface area contributed by atoms with Gasteiger partial charge in [-0.1, -0.05) is 18.2 Å². The number of benzene rings is 1. The van der Waals surface area contributed by atoms with E-state index >= 15 is 0 Å². The second-order valence-electron chi connectivity index (χ2n) is 6.17. The van der Waals surface area contributed by atoms with Crippen LogP contribution in [0.15, 0.2) is 42.8 Å². The van der Waals surface area contributed by atoms with Crippen LogP contribution in [0.2, 0.25) is 0 Å². The number of sulfonamides is 1. The van der Waals surface area contributed by atoms with Crippen LogP contribution in [0.25, 0.3) is 0 Å². The molecule has 0 unspecified atom stereocenters. The van der Waals surface area contributed by atoms with Gasteiger partial charge in [-0.3, -0.25) is 4.79 Å². The van der Waals surface area contributed by atoms with Gasteiger partial charge in [-0.05, 0) is 56.8 Å². The van der Waals surface area contributed by atoms with Gasteiger partial charge >= 0.3 is 0 Å². The van der Waals surface area contributed by atoms with Crippen molar-refractivity contribution in [2.24, 2.45) is 5.92 Å². The molecule has 3 rings (SSSR count). The molecule has 0 saturated carbocycles. The van der Waals surface area contributed by atoms with Crippen LogP contribution in [0.1, 0.15) is 18.4 Å². The fourth-order valence-electron chi connectivity index (χ4n) is 2.91. The average molecular weight is 540 g/mol. The maximum atomic E-state index is 13.6. The molecular weight excluding hydrogens is 523 g/mol. The number of nitrogens with zero attached hydrogens (tertiary/aromatic N) is 1. The van der Waals surface area contributed by atoms with E-state index in [9.17, 15) is 17.6 Å². The van der Waals surface area contributed by atoms with Gasteiger partial charge < -0.3 is 5.32 Å². The normalized spacial score (nSPS) is 16.4. The molecular formula is C17H17Br2FN2O3S2. The van der Waals surface area contributed by atoms with Gasteiger partial charge in [0.15, 0.2) is 0 Å². The first-order chi connectivity index (χ1) is 12.8. The Morgan fingerprint density at radius 1 is 1.26 bits per heavy atom. The lowest BCUT2D eigenvalue weighted by Gasteiger charge is -2.30. The summed E-state index contributed by atoms with van der Waals surface area (Å²) in [5.74, 6) is -0.797. The van der Waals surface area contributed by atoms with E-state index in [-0.39, 0.29) is 41.5 Å². The van der Waals surface area contributed by atoms with Crippen molar-refractivity contribution in [2.45, 2.75) is 23.6 Å². The number of hydrogen-bond donors (Lipinski definition) is 1. The molecule has 0 aliphatic carbocycles. The van der Waals surface area contributed by atoms with Gasteiger partial charge in [0.2, 0.25) is 5.91 Å². The lowest BCUT2D eigenvalue weighted by molar-refractivity contribution is -0.126. The number of piperidine rings is 1. The zero-order chi connectivity index (χ0) is 19.6. The number of carbonyl (C=O) groups is 1. The number of hydrogen-bond acceptors (Lipinski definition) is 4. The van der Waals surface area contributed by atoms with Crippen LogP contribution < -0.4 is 5.32 Å². The van der Waals surface area contributed by atoms with Crippen LogP contribution >= 0.6 is 43.2 Å². The Hall–Kier alpha value is -0.810. The van der Waals surface area contributed by atoms with Gasteiger partial charge in [-0.25, -0.2) is 12.8 Å². The smallest absolute Gasteiger partial charge is 0.252 e. The van der Waals surface area contributed by atoms with Gasteiger partial charge in [-0.15, -0.1) is 11.3 Å². The molecule has 1 aliphatic rings. The lowest BCUT2D eigenvalue weighted by Crippen LogP contribution is -2.42. The van der Waals surface area contributed by atoms with Crippen molar-refractivity contribution in [3.63, 3.8) is 0 Å². The minimum Gasteiger partial charge on any atom is -0.352 e. The molecule has 1 N–H and O–H groups in total. The second kappa shape index (κ2) is 8.69. The highest BCUT2D eigenvalue weighted by Gasteiger charge is 2.33. The molecule has 0 spiro atoms. The zero-order valence-electron chi connectivity index (χ0n) is 14.1. The number of carbonyl (C=O) groups excluding carboxylic acids is 1. The summed E-state index contributed by atoms with van der Waals surface area (Å²) in [4.78, 5) is 12.3. The fourth-order valence-corrected chi connectivity index (χ4v) is 7.35. The predicted molar refractivity (Wildman–Crippen MR) is 109 cm³/mol. The molecule has 2 heterocycles. The highest BCUT2D eigenvalue weighted by molar-refractivity contribution is 9.13. The van der Waals surface area contributed by atoms with Crippen LogP contribution in [0.3, 0.4) is 0 Å². The summed E-state index contributed by atoms with van der Waals surface area (Å²) in [6, 6.07) is 7.88. The number of nitrogens with one attached hydrogen (secondary N) is 1. The van der Waals surface area contributed by atoms with Crippen molar-refractivity contribution < 1.29 is 17.6 Å². The van der Waals surface area contributed by atoms with Gasteiger partial charge in [0, 0.05) is 35.6 Å².